The van der Waals surface area contributed by atoms with E-state index in [1.54, 1.807) is 6.33 Å². The third-order valence-corrected chi connectivity index (χ3v) is 3.42. The molecule has 0 aromatic carbocycles. The Balaban J connectivity index is 2.01. The predicted molar refractivity (Wildman–Crippen MR) is 65.7 cm³/mol. The maximum Gasteiger partial charge on any atom is 0.138 e. The molecule has 0 spiro atoms. The van der Waals surface area contributed by atoms with Crippen molar-refractivity contribution in [3.8, 4) is 0 Å². The molecule has 0 bridgehead atoms. The lowest BCUT2D eigenvalue weighted by molar-refractivity contribution is 0.0204. The van der Waals surface area contributed by atoms with Crippen LogP contribution in [0, 0.1) is 5.92 Å². The van der Waals surface area contributed by atoms with Crippen molar-refractivity contribution in [3.63, 3.8) is 0 Å². The van der Waals surface area contributed by atoms with E-state index < -0.39 is 0 Å². The van der Waals surface area contributed by atoms with Gasteiger partial charge >= 0.3 is 0 Å². The van der Waals surface area contributed by atoms with Gasteiger partial charge in [0.05, 0.1) is 6.10 Å². The van der Waals surface area contributed by atoms with Gasteiger partial charge in [0.25, 0.3) is 0 Å². The third-order valence-electron chi connectivity index (χ3n) is 3.42. The van der Waals surface area contributed by atoms with Crippen molar-refractivity contribution >= 4 is 0 Å². The summed E-state index contributed by atoms with van der Waals surface area (Å²) in [7, 11) is 3.93. The summed E-state index contributed by atoms with van der Waals surface area (Å²) < 4.78 is 7.72. The maximum atomic E-state index is 5.89. The average Bonchev–Trinajstić information content (AvgIpc) is 3.09. The van der Waals surface area contributed by atoms with Gasteiger partial charge in [-0.15, -0.1) is 0 Å². The standard InChI is InChI=1S/C12H22N4O/c1-4-17-12(9-5-6-9)10(13-2)7-11-14-8-15-16(11)3/h8-10,12-13H,4-7H2,1-3H3. The SMILES string of the molecule is CCOC(C1CC1)C(Cc1ncnn1C)NC. The fourth-order valence-corrected chi connectivity index (χ4v) is 2.28. The molecule has 1 aliphatic carbocycles. The summed E-state index contributed by atoms with van der Waals surface area (Å²) in [4.78, 5) is 4.28. The highest BCUT2D eigenvalue weighted by Crippen LogP contribution is 2.36. The Hall–Kier alpha value is -0.940. The van der Waals surface area contributed by atoms with Crippen LogP contribution >= 0.6 is 0 Å². The lowest BCUT2D eigenvalue weighted by atomic mass is 10.0. The van der Waals surface area contributed by atoms with Gasteiger partial charge in [-0.25, -0.2) is 4.98 Å². The molecule has 0 saturated heterocycles. The summed E-state index contributed by atoms with van der Waals surface area (Å²) in [5.41, 5.74) is 0. The molecule has 1 aromatic heterocycles. The first-order chi connectivity index (χ1) is 8.26. The molecule has 1 heterocycles. The molecule has 5 nitrogen and oxygen atoms in total. The van der Waals surface area contributed by atoms with E-state index in [1.165, 1.54) is 12.8 Å². The summed E-state index contributed by atoms with van der Waals surface area (Å²) >= 11 is 0. The molecular formula is C12H22N4O. The minimum absolute atomic E-state index is 0.307. The molecule has 1 aliphatic rings. The molecule has 5 heteroatoms. The monoisotopic (exact) mass is 238 g/mol. The van der Waals surface area contributed by atoms with Crippen molar-refractivity contribution in [2.24, 2.45) is 13.0 Å². The van der Waals surface area contributed by atoms with Crippen LogP contribution in [0.25, 0.3) is 0 Å². The van der Waals surface area contributed by atoms with Crippen molar-refractivity contribution in [1.29, 1.82) is 0 Å². The second kappa shape index (κ2) is 5.60. The minimum Gasteiger partial charge on any atom is -0.377 e. The summed E-state index contributed by atoms with van der Waals surface area (Å²) in [6.45, 7) is 2.84. The summed E-state index contributed by atoms with van der Waals surface area (Å²) in [5, 5.41) is 7.47. The topological polar surface area (TPSA) is 52.0 Å². The Kier molecular flexibility index (Phi) is 4.12. The highest BCUT2D eigenvalue weighted by atomic mass is 16.5. The molecule has 0 amide bonds. The van der Waals surface area contributed by atoms with Crippen molar-refractivity contribution < 1.29 is 4.74 Å². The van der Waals surface area contributed by atoms with Gasteiger partial charge in [0.2, 0.25) is 0 Å². The average molecular weight is 238 g/mol. The van der Waals surface area contributed by atoms with E-state index in [9.17, 15) is 0 Å². The molecule has 0 aliphatic heterocycles. The van der Waals surface area contributed by atoms with Crippen LogP contribution in [0.2, 0.25) is 0 Å². The van der Waals surface area contributed by atoms with Crippen molar-refractivity contribution in [2.45, 2.75) is 38.3 Å². The summed E-state index contributed by atoms with van der Waals surface area (Å²) in [5.74, 6) is 1.73. The number of hydrogen-bond acceptors (Lipinski definition) is 4. The van der Waals surface area contributed by atoms with Crippen LogP contribution in [0.3, 0.4) is 0 Å². The van der Waals surface area contributed by atoms with Crippen molar-refractivity contribution in [2.75, 3.05) is 13.7 Å². The van der Waals surface area contributed by atoms with E-state index in [4.69, 9.17) is 4.74 Å². The number of rotatable bonds is 7. The van der Waals surface area contributed by atoms with Crippen LogP contribution in [-0.4, -0.2) is 40.6 Å². The van der Waals surface area contributed by atoms with E-state index in [0.717, 1.165) is 24.8 Å². The van der Waals surface area contributed by atoms with Crippen LogP contribution < -0.4 is 5.32 Å². The van der Waals surface area contributed by atoms with Gasteiger partial charge in [0.1, 0.15) is 12.2 Å². The smallest absolute Gasteiger partial charge is 0.138 e. The second-order valence-corrected chi connectivity index (χ2v) is 4.66. The van der Waals surface area contributed by atoms with Gasteiger partial charge in [0, 0.05) is 26.1 Å². The molecule has 0 radical (unpaired) electrons. The molecule has 17 heavy (non-hydrogen) atoms. The molecule has 1 saturated carbocycles. The normalized spacial score (nSPS) is 19.2. The van der Waals surface area contributed by atoms with Gasteiger partial charge in [-0.1, -0.05) is 0 Å². The maximum absolute atomic E-state index is 5.89. The van der Waals surface area contributed by atoms with Crippen LogP contribution in [0.4, 0.5) is 0 Å². The molecule has 2 unspecified atom stereocenters. The Morgan fingerprint density at radius 3 is 2.82 bits per heavy atom. The summed E-state index contributed by atoms with van der Waals surface area (Å²) in [6.07, 6.45) is 5.37. The molecule has 96 valence electrons. The van der Waals surface area contributed by atoms with Crippen molar-refractivity contribution in [3.05, 3.63) is 12.2 Å². The predicted octanol–water partition coefficient (Wildman–Crippen LogP) is 0.761. The highest BCUT2D eigenvalue weighted by molar-refractivity contribution is 4.96. The highest BCUT2D eigenvalue weighted by Gasteiger charge is 2.37. The first kappa shape index (κ1) is 12.5. The van der Waals surface area contributed by atoms with Crippen LogP contribution in [0.15, 0.2) is 6.33 Å². The van der Waals surface area contributed by atoms with Gasteiger partial charge in [-0.05, 0) is 32.7 Å². The number of hydrogen-bond donors (Lipinski definition) is 1. The summed E-state index contributed by atoms with van der Waals surface area (Å²) in [6, 6.07) is 0.324. The zero-order valence-corrected chi connectivity index (χ0v) is 10.9. The second-order valence-electron chi connectivity index (χ2n) is 4.66. The van der Waals surface area contributed by atoms with Crippen LogP contribution in [0.5, 0.6) is 0 Å². The zero-order chi connectivity index (χ0) is 12.3. The molecule has 1 aromatic rings. The first-order valence-corrected chi connectivity index (χ1v) is 6.38. The largest absolute Gasteiger partial charge is 0.377 e. The third kappa shape index (κ3) is 3.04. The lowest BCUT2D eigenvalue weighted by Gasteiger charge is -2.26. The Bertz CT molecular complexity index is 348. The first-order valence-electron chi connectivity index (χ1n) is 6.38. The quantitative estimate of drug-likeness (QED) is 0.762. The molecule has 2 atom stereocenters. The van der Waals surface area contributed by atoms with E-state index in [2.05, 4.69) is 22.3 Å². The fourth-order valence-electron chi connectivity index (χ4n) is 2.28. The Morgan fingerprint density at radius 2 is 2.35 bits per heavy atom. The lowest BCUT2D eigenvalue weighted by Crippen LogP contribution is -2.43. The number of ether oxygens (including phenoxy) is 1. The molecule has 2 rings (SSSR count). The van der Waals surface area contributed by atoms with Gasteiger partial charge in [-0.2, -0.15) is 5.10 Å². The van der Waals surface area contributed by atoms with Crippen LogP contribution in [0.1, 0.15) is 25.6 Å². The van der Waals surface area contributed by atoms with Gasteiger partial charge in [0.15, 0.2) is 0 Å². The molecule has 1 N–H and O–H groups in total. The number of likely N-dealkylation sites (N-methyl/N-ethyl adjacent to an activating group) is 1. The number of aromatic nitrogens is 3. The molecule has 1 fully saturated rings. The Morgan fingerprint density at radius 1 is 1.59 bits per heavy atom. The van der Waals surface area contributed by atoms with Gasteiger partial charge in [-0.3, -0.25) is 4.68 Å². The van der Waals surface area contributed by atoms with E-state index >= 15 is 0 Å². The van der Waals surface area contributed by atoms with Crippen LogP contribution in [-0.2, 0) is 18.2 Å². The minimum atomic E-state index is 0.307. The zero-order valence-electron chi connectivity index (χ0n) is 10.9. The van der Waals surface area contributed by atoms with E-state index in [0.29, 0.717) is 12.1 Å². The van der Waals surface area contributed by atoms with Gasteiger partial charge < -0.3 is 10.1 Å². The van der Waals surface area contributed by atoms with E-state index in [1.807, 2.05) is 18.8 Å². The number of aryl methyl sites for hydroxylation is 1. The fraction of sp³-hybridized carbons (Fsp3) is 0.833. The van der Waals surface area contributed by atoms with Crippen molar-refractivity contribution in [1.82, 2.24) is 20.1 Å². The van der Waals surface area contributed by atoms with E-state index in [-0.39, 0.29) is 0 Å². The Labute approximate surface area is 103 Å². The number of nitrogens with zero attached hydrogens (tertiary/aromatic N) is 3. The number of nitrogens with one attached hydrogen (secondary N) is 1. The molecular weight excluding hydrogens is 216 g/mol.